The van der Waals surface area contributed by atoms with Gasteiger partial charge in [0.1, 0.15) is 5.01 Å². The highest BCUT2D eigenvalue weighted by Gasteiger charge is 2.13. The van der Waals surface area contributed by atoms with Crippen molar-refractivity contribution in [1.29, 1.82) is 0 Å². The normalized spacial score (nSPS) is 11.4. The lowest BCUT2D eigenvalue weighted by Crippen LogP contribution is -2.26. The molecule has 0 unspecified atom stereocenters. The molecule has 0 aliphatic rings. The summed E-state index contributed by atoms with van der Waals surface area (Å²) in [6, 6.07) is 20.1. The van der Waals surface area contributed by atoms with Gasteiger partial charge in [0.25, 0.3) is 5.56 Å². The SMILES string of the molecule is CCCN(Cc1ccc(C)cc1)Cc1cc(=O)n2nc(-c3ccccc3)sc2n1. The Balaban J connectivity index is 1.60. The van der Waals surface area contributed by atoms with Gasteiger partial charge in [-0.1, -0.05) is 78.4 Å². The molecule has 0 spiro atoms. The van der Waals surface area contributed by atoms with Gasteiger partial charge in [0.15, 0.2) is 0 Å². The molecule has 0 N–H and O–H groups in total. The predicted molar refractivity (Wildman–Crippen MR) is 118 cm³/mol. The van der Waals surface area contributed by atoms with Gasteiger partial charge in [-0.15, -0.1) is 0 Å². The number of rotatable bonds is 7. The van der Waals surface area contributed by atoms with Crippen molar-refractivity contribution >= 4 is 16.3 Å². The highest BCUT2D eigenvalue weighted by atomic mass is 32.1. The van der Waals surface area contributed by atoms with Gasteiger partial charge in [0.05, 0.1) is 5.69 Å². The fourth-order valence-corrected chi connectivity index (χ4v) is 4.28. The van der Waals surface area contributed by atoms with E-state index in [2.05, 4.69) is 48.1 Å². The lowest BCUT2D eigenvalue weighted by molar-refractivity contribution is 0.254. The minimum Gasteiger partial charge on any atom is -0.293 e. The Bertz CT molecular complexity index is 1150. The molecule has 2 aromatic carbocycles. The molecular weight excluding hydrogens is 380 g/mol. The van der Waals surface area contributed by atoms with E-state index in [1.54, 1.807) is 6.07 Å². The van der Waals surface area contributed by atoms with Crippen molar-refractivity contribution in [1.82, 2.24) is 19.5 Å². The van der Waals surface area contributed by atoms with E-state index in [1.807, 2.05) is 30.3 Å². The molecule has 0 saturated heterocycles. The van der Waals surface area contributed by atoms with Crippen LogP contribution in [0.5, 0.6) is 0 Å². The standard InChI is InChI=1S/C23H24N4OS/c1-3-13-26(15-18-11-9-17(2)10-12-18)16-20-14-21(28)27-23(24-20)29-22(25-27)19-7-5-4-6-8-19/h4-12,14H,3,13,15-16H2,1-2H3. The van der Waals surface area contributed by atoms with E-state index in [0.717, 1.165) is 35.8 Å². The van der Waals surface area contributed by atoms with Gasteiger partial charge in [-0.05, 0) is 25.5 Å². The summed E-state index contributed by atoms with van der Waals surface area (Å²) in [7, 11) is 0. The zero-order valence-corrected chi connectivity index (χ0v) is 17.5. The van der Waals surface area contributed by atoms with Gasteiger partial charge < -0.3 is 0 Å². The largest absolute Gasteiger partial charge is 0.293 e. The molecular formula is C23H24N4OS. The maximum atomic E-state index is 12.6. The van der Waals surface area contributed by atoms with E-state index < -0.39 is 0 Å². The molecule has 5 nitrogen and oxygen atoms in total. The second-order valence-electron chi connectivity index (χ2n) is 7.25. The van der Waals surface area contributed by atoms with E-state index in [0.29, 0.717) is 11.5 Å². The van der Waals surface area contributed by atoms with Crippen LogP contribution >= 0.6 is 11.3 Å². The molecule has 4 rings (SSSR count). The van der Waals surface area contributed by atoms with Gasteiger partial charge in [-0.2, -0.15) is 9.61 Å². The van der Waals surface area contributed by atoms with Crippen molar-refractivity contribution in [3.05, 3.63) is 87.8 Å². The zero-order valence-electron chi connectivity index (χ0n) is 16.7. The summed E-state index contributed by atoms with van der Waals surface area (Å²) in [5, 5.41) is 5.26. The Morgan fingerprint density at radius 3 is 2.52 bits per heavy atom. The van der Waals surface area contributed by atoms with Crippen LogP contribution in [0.3, 0.4) is 0 Å². The van der Waals surface area contributed by atoms with E-state index in [9.17, 15) is 4.79 Å². The first-order valence-corrected chi connectivity index (χ1v) is 10.7. The maximum Gasteiger partial charge on any atom is 0.275 e. The van der Waals surface area contributed by atoms with Crippen molar-refractivity contribution in [2.45, 2.75) is 33.4 Å². The number of aromatic nitrogens is 3. The van der Waals surface area contributed by atoms with Crippen LogP contribution in [0.25, 0.3) is 15.5 Å². The number of hydrogen-bond donors (Lipinski definition) is 0. The fraction of sp³-hybridized carbons (Fsp3) is 0.261. The number of aryl methyl sites for hydroxylation is 1. The molecule has 0 aliphatic heterocycles. The third-order valence-electron chi connectivity index (χ3n) is 4.77. The van der Waals surface area contributed by atoms with Gasteiger partial charge in [-0.25, -0.2) is 4.98 Å². The van der Waals surface area contributed by atoms with E-state index in [4.69, 9.17) is 4.98 Å². The Kier molecular flexibility index (Phi) is 5.83. The Labute approximate surface area is 174 Å². The van der Waals surface area contributed by atoms with E-state index in [-0.39, 0.29) is 5.56 Å². The Hall–Kier alpha value is -2.83. The quantitative estimate of drug-likeness (QED) is 0.454. The average molecular weight is 405 g/mol. The predicted octanol–water partition coefficient (Wildman–Crippen LogP) is 4.54. The molecule has 0 fully saturated rings. The third-order valence-corrected chi connectivity index (χ3v) is 5.73. The second kappa shape index (κ2) is 8.68. The van der Waals surface area contributed by atoms with Gasteiger partial charge in [0, 0.05) is 24.7 Å². The fourth-order valence-electron chi connectivity index (χ4n) is 3.35. The summed E-state index contributed by atoms with van der Waals surface area (Å²) in [6.07, 6.45) is 1.05. The minimum atomic E-state index is -0.129. The van der Waals surface area contributed by atoms with Gasteiger partial charge >= 0.3 is 0 Å². The van der Waals surface area contributed by atoms with Crippen LogP contribution in [-0.4, -0.2) is 26.0 Å². The van der Waals surface area contributed by atoms with Crippen molar-refractivity contribution in [3.8, 4) is 10.6 Å². The topological polar surface area (TPSA) is 50.5 Å². The van der Waals surface area contributed by atoms with Crippen LogP contribution in [0.1, 0.15) is 30.2 Å². The average Bonchev–Trinajstić information content (AvgIpc) is 3.15. The second-order valence-corrected chi connectivity index (χ2v) is 8.21. The molecule has 2 heterocycles. The van der Waals surface area contributed by atoms with Gasteiger partial charge in [0.2, 0.25) is 4.96 Å². The van der Waals surface area contributed by atoms with Crippen molar-refractivity contribution < 1.29 is 0 Å². The highest BCUT2D eigenvalue weighted by Crippen LogP contribution is 2.24. The monoisotopic (exact) mass is 404 g/mol. The molecule has 4 aromatic rings. The van der Waals surface area contributed by atoms with E-state index >= 15 is 0 Å². The first kappa shape index (κ1) is 19.5. The van der Waals surface area contributed by atoms with Crippen molar-refractivity contribution in [2.24, 2.45) is 0 Å². The lowest BCUT2D eigenvalue weighted by Gasteiger charge is -2.21. The van der Waals surface area contributed by atoms with E-state index in [1.165, 1.54) is 27.0 Å². The number of nitrogens with zero attached hydrogens (tertiary/aromatic N) is 4. The molecule has 0 amide bonds. The molecule has 0 radical (unpaired) electrons. The summed E-state index contributed by atoms with van der Waals surface area (Å²) in [5.41, 5.74) is 4.19. The molecule has 2 aromatic heterocycles. The smallest absolute Gasteiger partial charge is 0.275 e. The molecule has 0 aliphatic carbocycles. The van der Waals surface area contributed by atoms with Crippen molar-refractivity contribution in [3.63, 3.8) is 0 Å². The van der Waals surface area contributed by atoms with Crippen LogP contribution in [0.2, 0.25) is 0 Å². The molecule has 0 saturated carbocycles. The maximum absolute atomic E-state index is 12.6. The Morgan fingerprint density at radius 2 is 1.79 bits per heavy atom. The minimum absolute atomic E-state index is 0.129. The number of benzene rings is 2. The van der Waals surface area contributed by atoms with Crippen LogP contribution in [0, 0.1) is 6.92 Å². The van der Waals surface area contributed by atoms with Crippen LogP contribution < -0.4 is 5.56 Å². The summed E-state index contributed by atoms with van der Waals surface area (Å²) in [6.45, 7) is 6.70. The summed E-state index contributed by atoms with van der Waals surface area (Å²) in [5.74, 6) is 0. The van der Waals surface area contributed by atoms with Crippen molar-refractivity contribution in [2.75, 3.05) is 6.54 Å². The lowest BCUT2D eigenvalue weighted by atomic mass is 10.1. The molecule has 0 atom stereocenters. The summed E-state index contributed by atoms with van der Waals surface area (Å²) >= 11 is 1.45. The third kappa shape index (κ3) is 4.60. The van der Waals surface area contributed by atoms with Crippen LogP contribution in [-0.2, 0) is 13.1 Å². The first-order valence-electron chi connectivity index (χ1n) is 9.85. The molecule has 6 heteroatoms. The van der Waals surface area contributed by atoms with Crippen LogP contribution in [0.4, 0.5) is 0 Å². The summed E-state index contributed by atoms with van der Waals surface area (Å²) in [4.78, 5) is 20.3. The number of fused-ring (bicyclic) bond motifs is 1. The van der Waals surface area contributed by atoms with Gasteiger partial charge in [-0.3, -0.25) is 9.69 Å². The molecule has 29 heavy (non-hydrogen) atoms. The first-order chi connectivity index (χ1) is 14.1. The highest BCUT2D eigenvalue weighted by molar-refractivity contribution is 7.19. The Morgan fingerprint density at radius 1 is 1.03 bits per heavy atom. The molecule has 0 bridgehead atoms. The van der Waals surface area contributed by atoms with Crippen LogP contribution in [0.15, 0.2) is 65.5 Å². The molecule has 148 valence electrons. The zero-order chi connectivity index (χ0) is 20.2. The number of hydrogen-bond acceptors (Lipinski definition) is 5. The summed E-state index contributed by atoms with van der Waals surface area (Å²) < 4.78 is 1.40.